The Hall–Kier alpha value is -2.72. The van der Waals surface area contributed by atoms with Crippen LogP contribution >= 0.6 is 0 Å². The Bertz CT molecular complexity index is 1080. The number of sulfonamides is 1. The van der Waals surface area contributed by atoms with E-state index in [2.05, 4.69) is 22.7 Å². The zero-order valence-corrected chi connectivity index (χ0v) is 19.7. The van der Waals surface area contributed by atoms with Gasteiger partial charge in [0.05, 0.1) is 16.8 Å². The van der Waals surface area contributed by atoms with Crippen LogP contribution < -0.4 is 10.6 Å². The summed E-state index contributed by atoms with van der Waals surface area (Å²) < 4.78 is 28.7. The van der Waals surface area contributed by atoms with Gasteiger partial charge >= 0.3 is 0 Å². The van der Waals surface area contributed by atoms with Crippen molar-refractivity contribution in [2.45, 2.75) is 62.9 Å². The van der Waals surface area contributed by atoms with Crippen LogP contribution in [0.1, 0.15) is 55.8 Å². The highest BCUT2D eigenvalue weighted by molar-refractivity contribution is 7.89. The fourth-order valence-electron chi connectivity index (χ4n) is 4.36. The van der Waals surface area contributed by atoms with Crippen molar-refractivity contribution in [2.24, 2.45) is 5.92 Å². The number of rotatable bonds is 7. The number of anilines is 1. The zero-order chi connectivity index (χ0) is 23.4. The van der Waals surface area contributed by atoms with E-state index in [9.17, 15) is 18.0 Å². The summed E-state index contributed by atoms with van der Waals surface area (Å²) in [5.74, 6) is 0.0668. The summed E-state index contributed by atoms with van der Waals surface area (Å²) in [7, 11) is -3.55. The molecular weight excluding hydrogens is 442 g/mol. The fraction of sp³-hybridized carbons (Fsp3) is 0.522. The van der Waals surface area contributed by atoms with E-state index >= 15 is 0 Å². The first-order valence-electron chi connectivity index (χ1n) is 11.5. The average molecular weight is 474 g/mol. The van der Waals surface area contributed by atoms with Crippen LogP contribution in [0.25, 0.3) is 0 Å². The first kappa shape index (κ1) is 23.4. The van der Waals surface area contributed by atoms with Gasteiger partial charge in [0, 0.05) is 30.9 Å². The van der Waals surface area contributed by atoms with Gasteiger partial charge in [-0.2, -0.15) is 9.40 Å². The molecule has 0 bridgehead atoms. The summed E-state index contributed by atoms with van der Waals surface area (Å²) in [6.45, 7) is 3.27. The summed E-state index contributed by atoms with van der Waals surface area (Å²) in [6, 6.07) is 6.21. The number of hydrogen-bond donors (Lipinski definition) is 2. The van der Waals surface area contributed by atoms with Gasteiger partial charge in [-0.25, -0.2) is 8.42 Å². The second-order valence-electron chi connectivity index (χ2n) is 9.04. The molecule has 4 rings (SSSR count). The first-order chi connectivity index (χ1) is 15.8. The molecule has 1 aliphatic carbocycles. The molecule has 1 saturated heterocycles. The Kier molecular flexibility index (Phi) is 7.14. The van der Waals surface area contributed by atoms with Crippen LogP contribution in [0.5, 0.6) is 0 Å². The van der Waals surface area contributed by atoms with E-state index in [0.717, 1.165) is 38.5 Å². The second kappa shape index (κ2) is 10.0. The molecule has 0 spiro atoms. The number of carbonyl (C=O) groups is 2. The van der Waals surface area contributed by atoms with Crippen molar-refractivity contribution >= 4 is 27.5 Å². The number of nitrogens with one attached hydrogen (secondary N) is 2. The Labute approximate surface area is 194 Å². The lowest BCUT2D eigenvalue weighted by atomic mass is 10.0. The Morgan fingerprint density at radius 2 is 1.73 bits per heavy atom. The molecular formula is C23H31N5O4S. The van der Waals surface area contributed by atoms with Crippen LogP contribution in [-0.4, -0.2) is 53.4 Å². The van der Waals surface area contributed by atoms with Gasteiger partial charge in [0.25, 0.3) is 5.91 Å². The lowest BCUT2D eigenvalue weighted by molar-refractivity contribution is -0.122. The minimum Gasteiger partial charge on any atom is -0.352 e. The number of carbonyl (C=O) groups excluding carboxylic acids is 2. The quantitative estimate of drug-likeness (QED) is 0.642. The van der Waals surface area contributed by atoms with Crippen LogP contribution in [0.3, 0.4) is 0 Å². The monoisotopic (exact) mass is 473 g/mol. The summed E-state index contributed by atoms with van der Waals surface area (Å²) in [6.07, 6.45) is 9.12. The lowest BCUT2D eigenvalue weighted by Crippen LogP contribution is -2.37. The molecule has 178 valence electrons. The predicted molar refractivity (Wildman–Crippen MR) is 124 cm³/mol. The van der Waals surface area contributed by atoms with E-state index in [1.807, 2.05) is 0 Å². The number of benzene rings is 1. The molecule has 2 amide bonds. The third kappa shape index (κ3) is 5.80. The second-order valence-corrected chi connectivity index (χ2v) is 11.0. The molecule has 0 radical (unpaired) electrons. The lowest BCUT2D eigenvalue weighted by Gasteiger charge is -2.29. The molecule has 2 aliphatic rings. The highest BCUT2D eigenvalue weighted by atomic mass is 32.2. The molecule has 2 fully saturated rings. The molecule has 0 unspecified atom stereocenters. The van der Waals surface area contributed by atoms with Gasteiger partial charge in [-0.3, -0.25) is 14.3 Å². The van der Waals surface area contributed by atoms with Crippen LogP contribution in [0.4, 0.5) is 5.69 Å². The minimum absolute atomic E-state index is 0.0915. The van der Waals surface area contributed by atoms with Gasteiger partial charge in [-0.05, 0) is 55.9 Å². The van der Waals surface area contributed by atoms with Gasteiger partial charge in [0.1, 0.15) is 6.54 Å². The third-order valence-electron chi connectivity index (χ3n) is 6.41. The van der Waals surface area contributed by atoms with Crippen molar-refractivity contribution in [1.29, 1.82) is 0 Å². The Balaban J connectivity index is 1.33. The van der Waals surface area contributed by atoms with Gasteiger partial charge in [-0.15, -0.1) is 0 Å². The van der Waals surface area contributed by atoms with Crippen molar-refractivity contribution in [1.82, 2.24) is 19.4 Å². The smallest absolute Gasteiger partial charge is 0.255 e. The Morgan fingerprint density at radius 1 is 1.06 bits per heavy atom. The van der Waals surface area contributed by atoms with Gasteiger partial charge < -0.3 is 10.6 Å². The molecule has 2 heterocycles. The molecule has 1 aromatic heterocycles. The largest absolute Gasteiger partial charge is 0.352 e. The number of piperidine rings is 1. The van der Waals surface area contributed by atoms with Gasteiger partial charge in [0.15, 0.2) is 0 Å². The SMILES string of the molecule is CC1CCN(S(=O)(=O)c2ccc(C(=O)Nc3cnn(CC(=O)NC4CCCC4)c3)cc2)CC1. The van der Waals surface area contributed by atoms with Crippen LogP contribution in [0.2, 0.25) is 0 Å². The van der Waals surface area contributed by atoms with Crippen molar-refractivity contribution in [3.63, 3.8) is 0 Å². The fourth-order valence-corrected chi connectivity index (χ4v) is 5.83. The topological polar surface area (TPSA) is 113 Å². The molecule has 1 saturated carbocycles. The molecule has 33 heavy (non-hydrogen) atoms. The van der Waals surface area contributed by atoms with Gasteiger partial charge in [-0.1, -0.05) is 19.8 Å². The molecule has 10 heteroatoms. The molecule has 0 atom stereocenters. The van der Waals surface area contributed by atoms with Crippen molar-refractivity contribution in [2.75, 3.05) is 18.4 Å². The molecule has 1 aliphatic heterocycles. The summed E-state index contributed by atoms with van der Waals surface area (Å²) in [5, 5.41) is 9.88. The van der Waals surface area contributed by atoms with Crippen molar-refractivity contribution in [3.8, 4) is 0 Å². The van der Waals surface area contributed by atoms with Crippen LogP contribution in [-0.2, 0) is 21.4 Å². The van der Waals surface area contributed by atoms with E-state index in [-0.39, 0.29) is 29.3 Å². The average Bonchev–Trinajstić information content (AvgIpc) is 3.46. The Morgan fingerprint density at radius 3 is 2.39 bits per heavy atom. The summed E-state index contributed by atoms with van der Waals surface area (Å²) in [4.78, 5) is 24.9. The van der Waals surface area contributed by atoms with Crippen molar-refractivity contribution < 1.29 is 18.0 Å². The van der Waals surface area contributed by atoms with Gasteiger partial charge in [0.2, 0.25) is 15.9 Å². The number of hydrogen-bond acceptors (Lipinski definition) is 5. The number of amides is 2. The molecule has 2 N–H and O–H groups in total. The summed E-state index contributed by atoms with van der Waals surface area (Å²) in [5.41, 5.74) is 0.806. The normalized spacial score (nSPS) is 18.3. The maximum Gasteiger partial charge on any atom is 0.255 e. The molecule has 1 aromatic carbocycles. The van der Waals surface area contributed by atoms with E-state index in [4.69, 9.17) is 0 Å². The van der Waals surface area contributed by atoms with E-state index in [0.29, 0.717) is 30.3 Å². The highest BCUT2D eigenvalue weighted by Gasteiger charge is 2.28. The predicted octanol–water partition coefficient (Wildman–Crippen LogP) is 2.61. The minimum atomic E-state index is -3.55. The maximum atomic E-state index is 12.8. The zero-order valence-electron chi connectivity index (χ0n) is 18.9. The van der Waals surface area contributed by atoms with E-state index < -0.39 is 10.0 Å². The molecule has 2 aromatic rings. The molecule has 9 nitrogen and oxygen atoms in total. The first-order valence-corrected chi connectivity index (χ1v) is 13.0. The van der Waals surface area contributed by atoms with Crippen LogP contribution in [0.15, 0.2) is 41.6 Å². The third-order valence-corrected chi connectivity index (χ3v) is 8.33. The standard InChI is InChI=1S/C23H31N5O4S/c1-17-10-12-28(13-11-17)33(31,32)21-8-6-18(7-9-21)23(30)26-20-14-24-27(15-20)16-22(29)25-19-4-2-3-5-19/h6-9,14-15,17,19H,2-5,10-13,16H2,1H3,(H,25,29)(H,26,30). The summed E-state index contributed by atoms with van der Waals surface area (Å²) >= 11 is 0. The van der Waals surface area contributed by atoms with E-state index in [1.54, 1.807) is 6.20 Å². The number of aromatic nitrogens is 2. The number of nitrogens with zero attached hydrogens (tertiary/aromatic N) is 3. The van der Waals surface area contributed by atoms with Crippen molar-refractivity contribution in [3.05, 3.63) is 42.2 Å². The van der Waals surface area contributed by atoms with Crippen LogP contribution in [0, 0.1) is 5.92 Å². The highest BCUT2D eigenvalue weighted by Crippen LogP contribution is 2.24. The van der Waals surface area contributed by atoms with E-state index in [1.165, 1.54) is 39.4 Å². The maximum absolute atomic E-state index is 12.8.